The van der Waals surface area contributed by atoms with Crippen LogP contribution in [0.5, 0.6) is 0 Å². The molecule has 3 aromatic carbocycles. The largest absolute Gasteiger partial charge is 0.379 e. The second-order valence-corrected chi connectivity index (χ2v) is 8.48. The normalized spacial score (nSPS) is 14.1. The molecule has 1 N–H and O–H groups in total. The van der Waals surface area contributed by atoms with Crippen molar-refractivity contribution < 1.29 is 9.53 Å². The van der Waals surface area contributed by atoms with Gasteiger partial charge in [-0.1, -0.05) is 72.8 Å². The Morgan fingerprint density at radius 3 is 2.32 bits per heavy atom. The molecular weight excluding hydrogens is 424 g/mol. The summed E-state index contributed by atoms with van der Waals surface area (Å²) in [6, 6.07) is 28.0. The lowest BCUT2D eigenvalue weighted by atomic mass is 10.1. The Kier molecular flexibility index (Phi) is 6.79. The zero-order valence-corrected chi connectivity index (χ0v) is 19.1. The first-order valence-corrected chi connectivity index (χ1v) is 11.6. The molecule has 0 unspecified atom stereocenters. The van der Waals surface area contributed by atoms with Gasteiger partial charge in [0.1, 0.15) is 5.69 Å². The van der Waals surface area contributed by atoms with Gasteiger partial charge >= 0.3 is 0 Å². The molecule has 6 heteroatoms. The average molecular weight is 453 g/mol. The first-order chi connectivity index (χ1) is 16.7. The number of aromatic nitrogens is 2. The van der Waals surface area contributed by atoms with Gasteiger partial charge in [-0.3, -0.25) is 14.4 Å². The standard InChI is InChI=1S/C28H28N4O2/c33-28(29-25-13-7-10-23(18-25)19-31-14-16-34-17-15-31)26-21-32(20-22-8-3-1-4-9-22)30-27(26)24-11-5-2-6-12-24/h1-13,18,21H,14-17,19-20H2,(H,29,33). The minimum Gasteiger partial charge on any atom is -0.379 e. The van der Waals surface area contributed by atoms with E-state index in [1.807, 2.05) is 77.6 Å². The van der Waals surface area contributed by atoms with Gasteiger partial charge in [-0.15, -0.1) is 0 Å². The van der Waals surface area contributed by atoms with E-state index in [1.165, 1.54) is 5.56 Å². The maximum Gasteiger partial charge on any atom is 0.259 e. The number of anilines is 1. The number of nitrogens with zero attached hydrogens (tertiary/aromatic N) is 3. The fraction of sp³-hybridized carbons (Fsp3) is 0.214. The number of morpholine rings is 1. The number of rotatable bonds is 7. The van der Waals surface area contributed by atoms with Crippen molar-refractivity contribution in [2.75, 3.05) is 31.6 Å². The highest BCUT2D eigenvalue weighted by Gasteiger charge is 2.19. The van der Waals surface area contributed by atoms with Crippen LogP contribution in [0.4, 0.5) is 5.69 Å². The van der Waals surface area contributed by atoms with E-state index in [0.717, 1.165) is 49.7 Å². The van der Waals surface area contributed by atoms with Crippen LogP contribution in [0.3, 0.4) is 0 Å². The van der Waals surface area contributed by atoms with Crippen LogP contribution >= 0.6 is 0 Å². The molecule has 0 aliphatic carbocycles. The topological polar surface area (TPSA) is 59.4 Å². The Bertz CT molecular complexity index is 1230. The molecule has 1 saturated heterocycles. The first kappa shape index (κ1) is 22.1. The zero-order chi connectivity index (χ0) is 23.2. The summed E-state index contributed by atoms with van der Waals surface area (Å²) in [5, 5.41) is 7.86. The average Bonchev–Trinajstić information content (AvgIpc) is 3.30. The summed E-state index contributed by atoms with van der Waals surface area (Å²) in [7, 11) is 0. The maximum absolute atomic E-state index is 13.4. The van der Waals surface area contributed by atoms with Crippen molar-refractivity contribution in [2.45, 2.75) is 13.1 Å². The Morgan fingerprint density at radius 2 is 1.56 bits per heavy atom. The predicted octanol–water partition coefficient (Wildman–Crippen LogP) is 4.68. The third-order valence-corrected chi connectivity index (χ3v) is 5.94. The highest BCUT2D eigenvalue weighted by atomic mass is 16.5. The smallest absolute Gasteiger partial charge is 0.259 e. The van der Waals surface area contributed by atoms with Gasteiger partial charge in [0.2, 0.25) is 0 Å². The molecule has 1 aliphatic heterocycles. The number of amides is 1. The number of carbonyl (C=O) groups is 1. The molecule has 2 heterocycles. The van der Waals surface area contributed by atoms with Crippen molar-refractivity contribution in [3.63, 3.8) is 0 Å². The van der Waals surface area contributed by atoms with E-state index in [4.69, 9.17) is 9.84 Å². The summed E-state index contributed by atoms with van der Waals surface area (Å²) in [4.78, 5) is 15.8. The van der Waals surface area contributed by atoms with E-state index in [-0.39, 0.29) is 5.91 Å². The van der Waals surface area contributed by atoms with Crippen molar-refractivity contribution in [1.29, 1.82) is 0 Å². The second-order valence-electron chi connectivity index (χ2n) is 8.48. The molecular formula is C28H28N4O2. The summed E-state index contributed by atoms with van der Waals surface area (Å²) in [6.45, 7) is 4.84. The van der Waals surface area contributed by atoms with E-state index >= 15 is 0 Å². The van der Waals surface area contributed by atoms with Crippen molar-refractivity contribution in [2.24, 2.45) is 0 Å². The fourth-order valence-electron chi connectivity index (χ4n) is 4.21. The minimum absolute atomic E-state index is 0.165. The molecule has 172 valence electrons. The van der Waals surface area contributed by atoms with Gasteiger partial charge < -0.3 is 10.1 Å². The van der Waals surface area contributed by atoms with E-state index < -0.39 is 0 Å². The molecule has 1 fully saturated rings. The lowest BCUT2D eigenvalue weighted by Crippen LogP contribution is -2.35. The SMILES string of the molecule is O=C(Nc1cccc(CN2CCOCC2)c1)c1cn(Cc2ccccc2)nc1-c1ccccc1. The third-order valence-electron chi connectivity index (χ3n) is 5.94. The molecule has 0 spiro atoms. The van der Waals surface area contributed by atoms with Crippen LogP contribution in [0.2, 0.25) is 0 Å². The summed E-state index contributed by atoms with van der Waals surface area (Å²) < 4.78 is 7.28. The first-order valence-electron chi connectivity index (χ1n) is 11.6. The number of nitrogens with one attached hydrogen (secondary N) is 1. The highest BCUT2D eigenvalue weighted by molar-refractivity contribution is 6.08. The number of benzene rings is 3. The number of hydrogen-bond donors (Lipinski definition) is 1. The molecule has 1 amide bonds. The number of hydrogen-bond acceptors (Lipinski definition) is 4. The Hall–Kier alpha value is -3.74. The van der Waals surface area contributed by atoms with Crippen LogP contribution in [0.1, 0.15) is 21.5 Å². The van der Waals surface area contributed by atoms with Gasteiger partial charge in [0, 0.05) is 37.1 Å². The van der Waals surface area contributed by atoms with Gasteiger partial charge in [-0.05, 0) is 23.3 Å². The predicted molar refractivity (Wildman–Crippen MR) is 134 cm³/mol. The molecule has 0 bridgehead atoms. The lowest BCUT2D eigenvalue weighted by molar-refractivity contribution is 0.0342. The summed E-state index contributed by atoms with van der Waals surface area (Å²) in [5.74, 6) is -0.165. The van der Waals surface area contributed by atoms with Crippen LogP contribution in [0.25, 0.3) is 11.3 Å². The van der Waals surface area contributed by atoms with Gasteiger partial charge in [-0.2, -0.15) is 5.10 Å². The van der Waals surface area contributed by atoms with Crippen LogP contribution in [-0.4, -0.2) is 46.9 Å². The van der Waals surface area contributed by atoms with E-state index in [2.05, 4.69) is 28.4 Å². The quantitative estimate of drug-likeness (QED) is 0.442. The minimum atomic E-state index is -0.165. The van der Waals surface area contributed by atoms with Gasteiger partial charge in [0.25, 0.3) is 5.91 Å². The molecule has 0 saturated carbocycles. The maximum atomic E-state index is 13.4. The van der Waals surface area contributed by atoms with Crippen LogP contribution < -0.4 is 5.32 Å². The van der Waals surface area contributed by atoms with Crippen LogP contribution in [0.15, 0.2) is 91.1 Å². The molecule has 1 aliphatic rings. The van der Waals surface area contributed by atoms with Crippen molar-refractivity contribution in [1.82, 2.24) is 14.7 Å². The molecule has 5 rings (SSSR count). The molecule has 1 aromatic heterocycles. The molecule has 6 nitrogen and oxygen atoms in total. The van der Waals surface area contributed by atoms with Crippen molar-refractivity contribution in [3.05, 3.63) is 108 Å². The zero-order valence-electron chi connectivity index (χ0n) is 19.1. The highest BCUT2D eigenvalue weighted by Crippen LogP contribution is 2.24. The van der Waals surface area contributed by atoms with Crippen LogP contribution in [-0.2, 0) is 17.8 Å². The van der Waals surface area contributed by atoms with Crippen molar-refractivity contribution in [3.8, 4) is 11.3 Å². The van der Waals surface area contributed by atoms with E-state index in [1.54, 1.807) is 0 Å². The van der Waals surface area contributed by atoms with E-state index in [9.17, 15) is 4.79 Å². The van der Waals surface area contributed by atoms with Crippen LogP contribution in [0, 0.1) is 0 Å². The number of ether oxygens (including phenoxy) is 1. The second kappa shape index (κ2) is 10.5. The molecule has 4 aromatic rings. The Balaban J connectivity index is 1.38. The van der Waals surface area contributed by atoms with Gasteiger partial charge in [-0.25, -0.2) is 0 Å². The van der Waals surface area contributed by atoms with Gasteiger partial charge in [0.05, 0.1) is 25.3 Å². The van der Waals surface area contributed by atoms with Crippen molar-refractivity contribution >= 4 is 11.6 Å². The molecule has 0 atom stereocenters. The summed E-state index contributed by atoms with van der Waals surface area (Å²) in [6.07, 6.45) is 1.84. The third kappa shape index (κ3) is 5.42. The lowest BCUT2D eigenvalue weighted by Gasteiger charge is -2.26. The Morgan fingerprint density at radius 1 is 0.853 bits per heavy atom. The summed E-state index contributed by atoms with van der Waals surface area (Å²) in [5.41, 5.74) is 5.24. The Labute approximate surface area is 199 Å². The molecule has 34 heavy (non-hydrogen) atoms. The molecule has 0 radical (unpaired) electrons. The fourth-order valence-corrected chi connectivity index (χ4v) is 4.21. The monoisotopic (exact) mass is 452 g/mol. The van der Waals surface area contributed by atoms with Gasteiger partial charge in [0.15, 0.2) is 0 Å². The summed E-state index contributed by atoms with van der Waals surface area (Å²) >= 11 is 0. The van der Waals surface area contributed by atoms with E-state index in [0.29, 0.717) is 17.8 Å². The number of carbonyl (C=O) groups excluding carboxylic acids is 1.